The lowest BCUT2D eigenvalue weighted by Crippen LogP contribution is -2.45. The van der Waals surface area contributed by atoms with Crippen LogP contribution in [-0.2, 0) is 4.79 Å². The van der Waals surface area contributed by atoms with Crippen LogP contribution >= 0.6 is 0 Å². The fraction of sp³-hybridized carbons (Fsp3) is 0.500. The van der Waals surface area contributed by atoms with Crippen molar-refractivity contribution in [1.82, 2.24) is 4.90 Å². The van der Waals surface area contributed by atoms with Gasteiger partial charge >= 0.3 is 0 Å². The minimum absolute atomic E-state index is 0.00480. The third-order valence-corrected chi connectivity index (χ3v) is 3.98. The molecular formula is C14H18FN3O3. The van der Waals surface area contributed by atoms with Crippen molar-refractivity contribution in [3.05, 3.63) is 34.1 Å². The minimum atomic E-state index is -0.497. The molecule has 1 heterocycles. The summed E-state index contributed by atoms with van der Waals surface area (Å²) in [5.41, 5.74) is 0.221. The summed E-state index contributed by atoms with van der Waals surface area (Å²) in [7, 11) is 1.76. The van der Waals surface area contributed by atoms with E-state index in [4.69, 9.17) is 0 Å². The van der Waals surface area contributed by atoms with Crippen LogP contribution in [0.15, 0.2) is 18.2 Å². The number of carbonyl (C=O) groups is 1. The van der Waals surface area contributed by atoms with Gasteiger partial charge in [-0.2, -0.15) is 0 Å². The number of nitrogens with zero attached hydrogens (tertiary/aromatic N) is 3. The second kappa shape index (κ2) is 6.07. The predicted molar refractivity (Wildman–Crippen MR) is 76.7 cm³/mol. The molecule has 2 rings (SSSR count). The molecule has 0 saturated carbocycles. The summed E-state index contributed by atoms with van der Waals surface area (Å²) in [4.78, 5) is 25.4. The summed E-state index contributed by atoms with van der Waals surface area (Å²) in [6.45, 7) is 2.64. The zero-order chi connectivity index (χ0) is 15.6. The molecule has 0 aromatic heterocycles. The Morgan fingerprint density at radius 1 is 1.43 bits per heavy atom. The fourth-order valence-corrected chi connectivity index (χ4v) is 2.66. The number of benzene rings is 1. The molecule has 1 amide bonds. The zero-order valence-electron chi connectivity index (χ0n) is 12.1. The Morgan fingerprint density at radius 3 is 2.57 bits per heavy atom. The topological polar surface area (TPSA) is 66.7 Å². The minimum Gasteiger partial charge on any atom is -0.366 e. The maximum Gasteiger partial charge on any atom is 0.292 e. The van der Waals surface area contributed by atoms with E-state index in [1.165, 1.54) is 19.1 Å². The molecule has 1 aromatic rings. The molecule has 21 heavy (non-hydrogen) atoms. The lowest BCUT2D eigenvalue weighted by molar-refractivity contribution is -0.384. The monoisotopic (exact) mass is 295 g/mol. The number of halogens is 1. The van der Waals surface area contributed by atoms with Crippen LogP contribution < -0.4 is 4.90 Å². The van der Waals surface area contributed by atoms with Gasteiger partial charge in [0.05, 0.1) is 4.92 Å². The molecule has 114 valence electrons. The third-order valence-electron chi connectivity index (χ3n) is 3.98. The first-order valence-corrected chi connectivity index (χ1v) is 6.82. The van der Waals surface area contributed by atoms with E-state index in [0.717, 1.165) is 6.07 Å². The number of carbonyl (C=O) groups excluding carboxylic acids is 1. The van der Waals surface area contributed by atoms with Gasteiger partial charge in [-0.05, 0) is 18.9 Å². The van der Waals surface area contributed by atoms with Gasteiger partial charge in [0, 0.05) is 45.2 Å². The molecule has 0 atom stereocenters. The van der Waals surface area contributed by atoms with Gasteiger partial charge in [0.25, 0.3) is 5.69 Å². The first-order valence-electron chi connectivity index (χ1n) is 6.82. The highest BCUT2D eigenvalue weighted by molar-refractivity contribution is 5.73. The standard InChI is InChI=1S/C14H18FN3O3/c1-10(19)16(2)12-5-7-17(8-6-12)14-9-11(15)3-4-13(14)18(20)21/h3-4,9,12H,5-8H2,1-2H3. The number of hydrogen-bond acceptors (Lipinski definition) is 4. The van der Waals surface area contributed by atoms with Crippen LogP contribution in [0.4, 0.5) is 15.8 Å². The number of piperidine rings is 1. The lowest BCUT2D eigenvalue weighted by atomic mass is 10.0. The van der Waals surface area contributed by atoms with E-state index in [1.807, 2.05) is 4.90 Å². The van der Waals surface area contributed by atoms with Crippen LogP contribution in [0.3, 0.4) is 0 Å². The lowest BCUT2D eigenvalue weighted by Gasteiger charge is -2.37. The molecule has 1 aliphatic heterocycles. The number of hydrogen-bond donors (Lipinski definition) is 0. The summed E-state index contributed by atoms with van der Waals surface area (Å²) in [5, 5.41) is 11.0. The van der Waals surface area contributed by atoms with Crippen LogP contribution in [0.1, 0.15) is 19.8 Å². The Bertz CT molecular complexity index is 556. The summed E-state index contributed by atoms with van der Waals surface area (Å²) in [6.07, 6.45) is 1.42. The molecule has 0 N–H and O–H groups in total. The van der Waals surface area contributed by atoms with Gasteiger partial charge in [-0.3, -0.25) is 14.9 Å². The van der Waals surface area contributed by atoms with Crippen molar-refractivity contribution in [2.45, 2.75) is 25.8 Å². The normalized spacial score (nSPS) is 15.9. The molecule has 1 fully saturated rings. The van der Waals surface area contributed by atoms with Gasteiger partial charge in [0.15, 0.2) is 0 Å². The molecule has 0 spiro atoms. The summed E-state index contributed by atoms with van der Waals surface area (Å²) in [6, 6.07) is 3.62. The number of anilines is 1. The molecule has 0 aliphatic carbocycles. The van der Waals surface area contributed by atoms with E-state index in [-0.39, 0.29) is 17.6 Å². The second-order valence-corrected chi connectivity index (χ2v) is 5.24. The van der Waals surface area contributed by atoms with Crippen molar-refractivity contribution < 1.29 is 14.1 Å². The zero-order valence-corrected chi connectivity index (χ0v) is 12.1. The predicted octanol–water partition coefficient (Wildman–Crippen LogP) is 2.18. The Hall–Kier alpha value is -2.18. The Labute approximate surface area is 122 Å². The maximum absolute atomic E-state index is 13.4. The molecule has 1 saturated heterocycles. The average Bonchev–Trinajstić information content (AvgIpc) is 2.46. The number of amides is 1. The van der Waals surface area contributed by atoms with Crippen molar-refractivity contribution in [2.75, 3.05) is 25.0 Å². The molecule has 0 bridgehead atoms. The number of rotatable bonds is 3. The maximum atomic E-state index is 13.4. The molecule has 0 unspecified atom stereocenters. The van der Waals surface area contributed by atoms with Crippen LogP contribution in [0.5, 0.6) is 0 Å². The van der Waals surface area contributed by atoms with Gasteiger partial charge in [-0.25, -0.2) is 4.39 Å². The molecule has 7 heteroatoms. The van der Waals surface area contributed by atoms with Crippen LogP contribution in [0, 0.1) is 15.9 Å². The highest BCUT2D eigenvalue weighted by atomic mass is 19.1. The first kappa shape index (κ1) is 15.2. The number of nitro benzene ring substituents is 1. The van der Waals surface area contributed by atoms with Crippen molar-refractivity contribution in [3.8, 4) is 0 Å². The van der Waals surface area contributed by atoms with E-state index in [0.29, 0.717) is 31.6 Å². The van der Waals surface area contributed by atoms with Crippen molar-refractivity contribution >= 4 is 17.3 Å². The Balaban J connectivity index is 2.14. The van der Waals surface area contributed by atoms with Gasteiger partial charge in [-0.1, -0.05) is 0 Å². The van der Waals surface area contributed by atoms with Gasteiger partial charge in [-0.15, -0.1) is 0 Å². The summed E-state index contributed by atoms with van der Waals surface area (Å²) >= 11 is 0. The third kappa shape index (κ3) is 3.29. The Kier molecular flexibility index (Phi) is 4.40. The van der Waals surface area contributed by atoms with Crippen molar-refractivity contribution in [2.24, 2.45) is 0 Å². The smallest absolute Gasteiger partial charge is 0.292 e. The van der Waals surface area contributed by atoms with Crippen LogP contribution in [0.25, 0.3) is 0 Å². The molecule has 6 nitrogen and oxygen atoms in total. The van der Waals surface area contributed by atoms with E-state index >= 15 is 0 Å². The highest BCUT2D eigenvalue weighted by Gasteiger charge is 2.27. The molecular weight excluding hydrogens is 277 g/mol. The molecule has 0 radical (unpaired) electrons. The molecule has 1 aliphatic rings. The van der Waals surface area contributed by atoms with Crippen LogP contribution in [-0.4, -0.2) is 41.9 Å². The van der Waals surface area contributed by atoms with E-state index in [2.05, 4.69) is 0 Å². The van der Waals surface area contributed by atoms with Crippen molar-refractivity contribution in [1.29, 1.82) is 0 Å². The summed E-state index contributed by atoms with van der Waals surface area (Å²) in [5.74, 6) is -0.483. The van der Waals surface area contributed by atoms with Crippen molar-refractivity contribution in [3.63, 3.8) is 0 Å². The van der Waals surface area contributed by atoms with Gasteiger partial charge in [0.1, 0.15) is 11.5 Å². The second-order valence-electron chi connectivity index (χ2n) is 5.24. The Morgan fingerprint density at radius 2 is 2.05 bits per heavy atom. The van der Waals surface area contributed by atoms with E-state index in [1.54, 1.807) is 11.9 Å². The average molecular weight is 295 g/mol. The summed E-state index contributed by atoms with van der Waals surface area (Å²) < 4.78 is 13.4. The van der Waals surface area contributed by atoms with E-state index < -0.39 is 10.7 Å². The SMILES string of the molecule is CC(=O)N(C)C1CCN(c2cc(F)ccc2[N+](=O)[O-])CC1. The van der Waals surface area contributed by atoms with E-state index in [9.17, 15) is 19.3 Å². The number of nitro groups is 1. The largest absolute Gasteiger partial charge is 0.366 e. The van der Waals surface area contributed by atoms with Gasteiger partial charge in [0.2, 0.25) is 5.91 Å². The molecule has 1 aromatic carbocycles. The van der Waals surface area contributed by atoms with Crippen LogP contribution in [0.2, 0.25) is 0 Å². The fourth-order valence-electron chi connectivity index (χ4n) is 2.66. The van der Waals surface area contributed by atoms with Gasteiger partial charge < -0.3 is 9.80 Å². The first-order chi connectivity index (χ1) is 9.90. The highest BCUT2D eigenvalue weighted by Crippen LogP contribution is 2.31. The quantitative estimate of drug-likeness (QED) is 0.633.